The third kappa shape index (κ3) is 3.33. The van der Waals surface area contributed by atoms with Gasteiger partial charge in [-0.2, -0.15) is 0 Å². The molecule has 0 radical (unpaired) electrons. The highest BCUT2D eigenvalue weighted by Gasteiger charge is 2.11. The van der Waals surface area contributed by atoms with Crippen molar-refractivity contribution in [1.82, 2.24) is 5.32 Å². The third-order valence-corrected chi connectivity index (χ3v) is 3.55. The van der Waals surface area contributed by atoms with Crippen LogP contribution >= 0.6 is 15.9 Å². The summed E-state index contributed by atoms with van der Waals surface area (Å²) in [5.74, 6) is 1.06. The molecule has 1 unspecified atom stereocenters. The molecule has 0 fully saturated rings. The lowest BCUT2D eigenvalue weighted by Gasteiger charge is -2.16. The molecule has 100 valence electrons. The minimum Gasteiger partial charge on any atom is -0.456 e. The maximum Gasteiger partial charge on any atom is 0.141 e. The third-order valence-electron chi connectivity index (χ3n) is 2.93. The van der Waals surface area contributed by atoms with Gasteiger partial charge in [-0.1, -0.05) is 18.2 Å². The van der Waals surface area contributed by atoms with E-state index in [9.17, 15) is 4.39 Å². The van der Waals surface area contributed by atoms with E-state index in [2.05, 4.69) is 28.2 Å². The summed E-state index contributed by atoms with van der Waals surface area (Å²) in [5.41, 5.74) is 1.06. The number of para-hydroxylation sites is 1. The predicted octanol–water partition coefficient (Wildman–Crippen LogP) is 4.66. The second-order valence-electron chi connectivity index (χ2n) is 4.22. The van der Waals surface area contributed by atoms with E-state index >= 15 is 0 Å². The van der Waals surface area contributed by atoms with Gasteiger partial charge in [0.25, 0.3) is 0 Å². The minimum atomic E-state index is -0.295. The minimum absolute atomic E-state index is 0.176. The van der Waals surface area contributed by atoms with E-state index in [0.717, 1.165) is 11.3 Å². The summed E-state index contributed by atoms with van der Waals surface area (Å²) in [6.07, 6.45) is 0. The molecular weight excluding hydrogens is 309 g/mol. The first kappa shape index (κ1) is 14.0. The number of ether oxygens (including phenoxy) is 1. The fourth-order valence-corrected chi connectivity index (χ4v) is 2.19. The molecule has 2 aromatic carbocycles. The normalized spacial score (nSPS) is 12.2. The number of nitrogens with one attached hydrogen (secondary N) is 1. The van der Waals surface area contributed by atoms with Gasteiger partial charge in [0, 0.05) is 11.6 Å². The van der Waals surface area contributed by atoms with Crippen LogP contribution in [0, 0.1) is 5.82 Å². The molecule has 0 bridgehead atoms. The molecule has 4 heteroatoms. The molecule has 0 aliphatic rings. The first-order chi connectivity index (χ1) is 9.11. The van der Waals surface area contributed by atoms with Crippen molar-refractivity contribution in [3.63, 3.8) is 0 Å². The first-order valence-electron chi connectivity index (χ1n) is 6.01. The van der Waals surface area contributed by atoms with Crippen molar-refractivity contribution in [1.29, 1.82) is 0 Å². The van der Waals surface area contributed by atoms with Gasteiger partial charge >= 0.3 is 0 Å². The molecule has 2 aromatic rings. The zero-order valence-corrected chi connectivity index (χ0v) is 12.4. The Morgan fingerprint density at radius 2 is 1.89 bits per heavy atom. The van der Waals surface area contributed by atoms with Crippen LogP contribution in [-0.4, -0.2) is 7.05 Å². The van der Waals surface area contributed by atoms with Crippen molar-refractivity contribution in [2.24, 2.45) is 0 Å². The van der Waals surface area contributed by atoms with E-state index in [1.165, 1.54) is 12.1 Å². The van der Waals surface area contributed by atoms with E-state index in [-0.39, 0.29) is 11.9 Å². The van der Waals surface area contributed by atoms with Crippen LogP contribution in [0.25, 0.3) is 0 Å². The van der Waals surface area contributed by atoms with Crippen LogP contribution in [-0.2, 0) is 0 Å². The summed E-state index contributed by atoms with van der Waals surface area (Å²) >= 11 is 3.30. The lowest BCUT2D eigenvalue weighted by molar-refractivity contribution is 0.462. The van der Waals surface area contributed by atoms with Crippen LogP contribution < -0.4 is 10.1 Å². The largest absolute Gasteiger partial charge is 0.456 e. The van der Waals surface area contributed by atoms with Gasteiger partial charge < -0.3 is 10.1 Å². The lowest BCUT2D eigenvalue weighted by atomic mass is 10.1. The molecule has 0 aliphatic carbocycles. The standard InChI is InChI=1S/C15H15BrFNO/c1-10(18-2)12-5-3-4-6-14(12)19-15-8-7-11(17)9-13(15)16/h3-10,18H,1-2H3. The van der Waals surface area contributed by atoms with Gasteiger partial charge in [0.1, 0.15) is 17.3 Å². The molecule has 1 atom stereocenters. The van der Waals surface area contributed by atoms with Gasteiger partial charge in [0.2, 0.25) is 0 Å². The zero-order chi connectivity index (χ0) is 13.8. The van der Waals surface area contributed by atoms with Crippen molar-refractivity contribution in [2.45, 2.75) is 13.0 Å². The SMILES string of the molecule is CNC(C)c1ccccc1Oc1ccc(F)cc1Br. The fraction of sp³-hybridized carbons (Fsp3) is 0.200. The van der Waals surface area contributed by atoms with Crippen LogP contribution in [0.1, 0.15) is 18.5 Å². The van der Waals surface area contributed by atoms with Gasteiger partial charge in [0.15, 0.2) is 0 Å². The number of hydrogen-bond acceptors (Lipinski definition) is 2. The van der Waals surface area contributed by atoms with Gasteiger partial charge in [-0.25, -0.2) is 4.39 Å². The summed E-state index contributed by atoms with van der Waals surface area (Å²) < 4.78 is 19.5. The van der Waals surface area contributed by atoms with Crippen LogP contribution in [0.2, 0.25) is 0 Å². The summed E-state index contributed by atoms with van der Waals surface area (Å²) in [6, 6.07) is 12.3. The first-order valence-corrected chi connectivity index (χ1v) is 6.80. The molecule has 0 saturated carbocycles. The van der Waals surface area contributed by atoms with Crippen molar-refractivity contribution < 1.29 is 9.13 Å². The monoisotopic (exact) mass is 323 g/mol. The second kappa shape index (κ2) is 6.17. The number of halogens is 2. The topological polar surface area (TPSA) is 21.3 Å². The molecule has 1 N–H and O–H groups in total. The quantitative estimate of drug-likeness (QED) is 0.883. The average molecular weight is 324 g/mol. The highest BCUT2D eigenvalue weighted by molar-refractivity contribution is 9.10. The Labute approximate surface area is 120 Å². The van der Waals surface area contributed by atoms with Gasteiger partial charge in [0.05, 0.1) is 4.47 Å². The molecule has 0 heterocycles. The smallest absolute Gasteiger partial charge is 0.141 e. The van der Waals surface area contributed by atoms with Crippen molar-refractivity contribution in [2.75, 3.05) is 7.05 Å². The molecular formula is C15H15BrFNO. The highest BCUT2D eigenvalue weighted by Crippen LogP contribution is 2.33. The van der Waals surface area contributed by atoms with Crippen LogP contribution in [0.5, 0.6) is 11.5 Å². The number of benzene rings is 2. The molecule has 0 aliphatic heterocycles. The van der Waals surface area contributed by atoms with E-state index in [1.54, 1.807) is 6.07 Å². The van der Waals surface area contributed by atoms with E-state index in [4.69, 9.17) is 4.74 Å². The summed E-state index contributed by atoms with van der Waals surface area (Å²) in [4.78, 5) is 0. The molecule has 19 heavy (non-hydrogen) atoms. The van der Waals surface area contributed by atoms with Crippen LogP contribution in [0.15, 0.2) is 46.9 Å². The molecule has 2 nitrogen and oxygen atoms in total. The van der Waals surface area contributed by atoms with E-state index in [1.807, 2.05) is 31.3 Å². The van der Waals surface area contributed by atoms with Crippen molar-refractivity contribution in [3.8, 4) is 11.5 Å². The Balaban J connectivity index is 2.33. The van der Waals surface area contributed by atoms with Gasteiger partial charge in [-0.15, -0.1) is 0 Å². The van der Waals surface area contributed by atoms with Crippen LogP contribution in [0.3, 0.4) is 0 Å². The highest BCUT2D eigenvalue weighted by atomic mass is 79.9. The van der Waals surface area contributed by atoms with Gasteiger partial charge in [-0.05, 0) is 54.2 Å². The summed E-state index contributed by atoms with van der Waals surface area (Å²) in [5, 5.41) is 3.18. The Morgan fingerprint density at radius 3 is 2.58 bits per heavy atom. The van der Waals surface area contributed by atoms with Crippen molar-refractivity contribution >= 4 is 15.9 Å². The maximum atomic E-state index is 13.1. The lowest BCUT2D eigenvalue weighted by Crippen LogP contribution is -2.13. The molecule has 2 rings (SSSR count). The zero-order valence-electron chi connectivity index (χ0n) is 10.8. The Bertz CT molecular complexity index is 574. The van der Waals surface area contributed by atoms with Gasteiger partial charge in [-0.3, -0.25) is 0 Å². The predicted molar refractivity (Wildman–Crippen MR) is 78.1 cm³/mol. The second-order valence-corrected chi connectivity index (χ2v) is 5.08. The summed E-state index contributed by atoms with van der Waals surface area (Å²) in [7, 11) is 1.90. The fourth-order valence-electron chi connectivity index (χ4n) is 1.76. The number of hydrogen-bond donors (Lipinski definition) is 1. The van der Waals surface area contributed by atoms with E-state index < -0.39 is 0 Å². The number of rotatable bonds is 4. The van der Waals surface area contributed by atoms with E-state index in [0.29, 0.717) is 10.2 Å². The maximum absolute atomic E-state index is 13.1. The van der Waals surface area contributed by atoms with Crippen molar-refractivity contribution in [3.05, 3.63) is 58.3 Å². The average Bonchev–Trinajstić information content (AvgIpc) is 2.41. The Morgan fingerprint density at radius 1 is 1.16 bits per heavy atom. The Hall–Kier alpha value is -1.39. The Kier molecular flexibility index (Phi) is 4.56. The molecule has 0 saturated heterocycles. The molecule has 0 spiro atoms. The molecule has 0 amide bonds. The van der Waals surface area contributed by atoms with Crippen LogP contribution in [0.4, 0.5) is 4.39 Å². The summed E-state index contributed by atoms with van der Waals surface area (Å²) in [6.45, 7) is 2.06. The molecule has 0 aromatic heterocycles.